The molecule has 1 aromatic heterocycles. The summed E-state index contributed by atoms with van der Waals surface area (Å²) in [5.74, 6) is 0. The Morgan fingerprint density at radius 1 is 0.355 bits per heavy atom. The second kappa shape index (κ2) is 13.8. The van der Waals surface area contributed by atoms with E-state index in [1.54, 1.807) is 0 Å². The first kappa shape index (κ1) is 36.8. The number of hydrogen-bond acceptors (Lipinski definition) is 2. The molecular weight excluding hydrogens is 767 g/mol. The summed E-state index contributed by atoms with van der Waals surface area (Å²) in [6.45, 7) is 9.51. The highest BCUT2D eigenvalue weighted by Gasteiger charge is 2.39. The van der Waals surface area contributed by atoms with Crippen molar-refractivity contribution in [3.63, 3.8) is 0 Å². The predicted molar refractivity (Wildman–Crippen MR) is 265 cm³/mol. The van der Waals surface area contributed by atoms with Crippen LogP contribution in [0.5, 0.6) is 0 Å². The maximum atomic E-state index is 2.53. The molecule has 9 aromatic carbocycles. The van der Waals surface area contributed by atoms with Gasteiger partial charge in [0.1, 0.15) is 0 Å². The Labute approximate surface area is 368 Å². The third kappa shape index (κ3) is 5.39. The maximum absolute atomic E-state index is 2.53. The van der Waals surface area contributed by atoms with Crippen LogP contribution in [0.3, 0.4) is 0 Å². The van der Waals surface area contributed by atoms with Crippen molar-refractivity contribution in [1.82, 2.24) is 0 Å². The van der Waals surface area contributed by atoms with Crippen LogP contribution in [-0.4, -0.2) is 0 Å². The number of anilines is 3. The quantitative estimate of drug-likeness (QED) is 0.162. The molecule has 1 nitrogen and oxygen atoms in total. The van der Waals surface area contributed by atoms with Crippen molar-refractivity contribution >= 4 is 48.6 Å². The molecule has 0 saturated heterocycles. The Kier molecular flexibility index (Phi) is 8.17. The molecule has 2 aliphatic rings. The van der Waals surface area contributed by atoms with Crippen LogP contribution in [-0.2, 0) is 10.8 Å². The number of nitrogens with zero attached hydrogens (tertiary/aromatic N) is 1. The van der Waals surface area contributed by atoms with Gasteiger partial charge in [0.15, 0.2) is 0 Å². The maximum Gasteiger partial charge on any atom is 0.0540 e. The fourth-order valence-corrected chi connectivity index (χ4v) is 12.1. The Morgan fingerprint density at radius 3 is 1.73 bits per heavy atom. The first-order valence-electron chi connectivity index (χ1n) is 21.8. The van der Waals surface area contributed by atoms with Gasteiger partial charge in [0.25, 0.3) is 0 Å². The summed E-state index contributed by atoms with van der Waals surface area (Å²) in [6.07, 6.45) is 0. The van der Waals surface area contributed by atoms with Crippen molar-refractivity contribution in [2.75, 3.05) is 4.90 Å². The van der Waals surface area contributed by atoms with Gasteiger partial charge in [-0.25, -0.2) is 0 Å². The second-order valence-electron chi connectivity index (χ2n) is 18.0. The van der Waals surface area contributed by atoms with Crippen molar-refractivity contribution in [1.29, 1.82) is 0 Å². The highest BCUT2D eigenvalue weighted by atomic mass is 32.1. The zero-order chi connectivity index (χ0) is 41.7. The molecule has 0 unspecified atom stereocenters. The van der Waals surface area contributed by atoms with E-state index in [1.807, 2.05) is 11.3 Å². The van der Waals surface area contributed by atoms with E-state index in [-0.39, 0.29) is 10.8 Å². The van der Waals surface area contributed by atoms with Gasteiger partial charge >= 0.3 is 0 Å². The van der Waals surface area contributed by atoms with Gasteiger partial charge in [-0.3, -0.25) is 0 Å². The molecule has 0 N–H and O–H groups in total. The normalized spacial score (nSPS) is 14.1. The first-order chi connectivity index (χ1) is 30.3. The summed E-state index contributed by atoms with van der Waals surface area (Å²) in [6, 6.07) is 74.9. The van der Waals surface area contributed by atoms with Crippen LogP contribution in [0.2, 0.25) is 0 Å². The molecule has 0 bridgehead atoms. The van der Waals surface area contributed by atoms with Gasteiger partial charge in [-0.15, -0.1) is 11.3 Å². The Balaban J connectivity index is 1.10. The standard InChI is InChI=1S/C60H45NS/c1-59(2)51-29-11-6-24-48(51)57-46(26-17-30-52(57)59)44-22-8-13-32-54(44)61(53-31-12-7-20-41(53)39-34-35-56-49(37-39)45-23-9-14-33-55(45)62-56)40-19-15-18-38(36-40)42-25-16-27-47-43-21-5-10-28-50(43)60(3,4)58(42)47/h5-37H,1-4H3. The number of thiophene rings is 1. The topological polar surface area (TPSA) is 3.24 Å². The molecule has 1 heterocycles. The fraction of sp³-hybridized carbons (Fsp3) is 0.100. The number of fused-ring (bicyclic) bond motifs is 9. The van der Waals surface area contributed by atoms with E-state index in [4.69, 9.17) is 0 Å². The Bertz CT molecular complexity index is 3430. The van der Waals surface area contributed by atoms with Crippen molar-refractivity contribution in [2.45, 2.75) is 38.5 Å². The van der Waals surface area contributed by atoms with Gasteiger partial charge in [-0.2, -0.15) is 0 Å². The van der Waals surface area contributed by atoms with Crippen LogP contribution in [0.15, 0.2) is 200 Å². The molecule has 0 atom stereocenters. The molecule has 296 valence electrons. The summed E-state index contributed by atoms with van der Waals surface area (Å²) in [5.41, 5.74) is 21.3. The van der Waals surface area contributed by atoms with Gasteiger partial charge in [-0.1, -0.05) is 185 Å². The molecule has 0 saturated carbocycles. The SMILES string of the molecule is CC1(C)c2ccccc2-c2c(-c3ccccc3N(c3cccc(-c4cccc5c4C(C)(C)c4ccccc4-5)c3)c3ccccc3-c3ccc4sc5ccccc5c4c3)cccc21. The molecule has 2 heteroatoms. The Hall–Kier alpha value is -7.00. The lowest BCUT2D eigenvalue weighted by atomic mass is 9.79. The lowest BCUT2D eigenvalue weighted by Gasteiger charge is -2.31. The highest BCUT2D eigenvalue weighted by molar-refractivity contribution is 7.25. The summed E-state index contributed by atoms with van der Waals surface area (Å²) in [7, 11) is 0. The summed E-state index contributed by atoms with van der Waals surface area (Å²) >= 11 is 1.87. The van der Waals surface area contributed by atoms with E-state index in [0.717, 1.165) is 17.1 Å². The zero-order valence-electron chi connectivity index (χ0n) is 35.4. The number of rotatable bonds is 6. The van der Waals surface area contributed by atoms with E-state index in [0.29, 0.717) is 0 Å². The highest BCUT2D eigenvalue weighted by Crippen LogP contribution is 2.56. The largest absolute Gasteiger partial charge is 0.309 e. The molecule has 62 heavy (non-hydrogen) atoms. The van der Waals surface area contributed by atoms with Gasteiger partial charge in [0, 0.05) is 47.8 Å². The molecule has 12 rings (SSSR count). The van der Waals surface area contributed by atoms with E-state index in [9.17, 15) is 0 Å². The van der Waals surface area contributed by atoms with E-state index < -0.39 is 0 Å². The van der Waals surface area contributed by atoms with Crippen molar-refractivity contribution in [3.05, 3.63) is 222 Å². The average Bonchev–Trinajstić information content (AvgIpc) is 3.89. The third-order valence-electron chi connectivity index (χ3n) is 13.9. The number of benzene rings is 9. The predicted octanol–water partition coefficient (Wildman–Crippen LogP) is 17.1. The molecule has 0 amide bonds. The second-order valence-corrected chi connectivity index (χ2v) is 19.1. The molecule has 0 fully saturated rings. The molecule has 0 aliphatic heterocycles. The molecule has 0 radical (unpaired) electrons. The van der Waals surface area contributed by atoms with Crippen LogP contribution < -0.4 is 4.90 Å². The smallest absolute Gasteiger partial charge is 0.0540 e. The van der Waals surface area contributed by atoms with Gasteiger partial charge in [0.2, 0.25) is 0 Å². The molecular formula is C60H45NS. The minimum atomic E-state index is -0.139. The van der Waals surface area contributed by atoms with Crippen LogP contribution in [0.25, 0.3) is 75.8 Å². The van der Waals surface area contributed by atoms with E-state index in [2.05, 4.69) is 233 Å². The van der Waals surface area contributed by atoms with E-state index >= 15 is 0 Å². The van der Waals surface area contributed by atoms with Crippen LogP contribution in [0, 0.1) is 0 Å². The summed E-state index contributed by atoms with van der Waals surface area (Å²) in [5, 5.41) is 2.61. The lowest BCUT2D eigenvalue weighted by Crippen LogP contribution is -2.16. The van der Waals surface area contributed by atoms with Gasteiger partial charge in [0.05, 0.1) is 11.4 Å². The molecule has 0 spiro atoms. The zero-order valence-corrected chi connectivity index (χ0v) is 36.2. The summed E-state index contributed by atoms with van der Waals surface area (Å²) < 4.78 is 2.63. The van der Waals surface area contributed by atoms with Crippen LogP contribution >= 0.6 is 11.3 Å². The number of para-hydroxylation sites is 2. The molecule has 2 aliphatic carbocycles. The average molecular weight is 812 g/mol. The minimum absolute atomic E-state index is 0.106. The van der Waals surface area contributed by atoms with Gasteiger partial charge < -0.3 is 4.90 Å². The lowest BCUT2D eigenvalue weighted by molar-refractivity contribution is 0.660. The van der Waals surface area contributed by atoms with Crippen molar-refractivity contribution in [3.8, 4) is 55.6 Å². The number of hydrogen-bond donors (Lipinski definition) is 0. The summed E-state index contributed by atoms with van der Waals surface area (Å²) in [4.78, 5) is 2.53. The van der Waals surface area contributed by atoms with Crippen molar-refractivity contribution < 1.29 is 0 Å². The van der Waals surface area contributed by atoms with Crippen molar-refractivity contribution in [2.24, 2.45) is 0 Å². The van der Waals surface area contributed by atoms with Crippen LogP contribution in [0.1, 0.15) is 49.9 Å². The minimum Gasteiger partial charge on any atom is -0.309 e. The van der Waals surface area contributed by atoms with Crippen LogP contribution in [0.4, 0.5) is 17.1 Å². The monoisotopic (exact) mass is 811 g/mol. The van der Waals surface area contributed by atoms with Gasteiger partial charge in [-0.05, 0) is 109 Å². The third-order valence-corrected chi connectivity index (χ3v) is 15.0. The van der Waals surface area contributed by atoms with E-state index in [1.165, 1.54) is 98.1 Å². The Morgan fingerprint density at radius 2 is 0.903 bits per heavy atom. The first-order valence-corrected chi connectivity index (χ1v) is 22.6. The fourth-order valence-electron chi connectivity index (χ4n) is 11.0. The molecule has 10 aromatic rings.